The number of nitrogens with zero attached hydrogens (tertiary/aromatic N) is 1. The Hall–Kier alpha value is -1.95. The third kappa shape index (κ3) is 2.42. The monoisotopic (exact) mass is 249 g/mol. The molecule has 2 heterocycles. The number of carbonyl (C=O) groups is 1. The van der Waals surface area contributed by atoms with Gasteiger partial charge in [0.25, 0.3) is 0 Å². The zero-order valence-electron chi connectivity index (χ0n) is 9.19. The third-order valence-electron chi connectivity index (χ3n) is 2.13. The van der Waals surface area contributed by atoms with Gasteiger partial charge in [-0.3, -0.25) is 4.79 Å². The van der Waals surface area contributed by atoms with E-state index in [0.717, 1.165) is 0 Å². The average molecular weight is 249 g/mol. The largest absolute Gasteiger partial charge is 0.491 e. The molecule has 2 aromatic rings. The molecule has 2 rings (SSSR count). The summed E-state index contributed by atoms with van der Waals surface area (Å²) in [6, 6.07) is 3.44. The van der Waals surface area contributed by atoms with Gasteiger partial charge in [0.1, 0.15) is 11.4 Å². The van der Waals surface area contributed by atoms with Crippen LogP contribution in [0, 0.1) is 4.77 Å². The van der Waals surface area contributed by atoms with Crippen molar-refractivity contribution >= 4 is 18.0 Å². The predicted octanol–water partition coefficient (Wildman–Crippen LogP) is 2.10. The maximum Gasteiger partial charge on any atom is 0.232 e. The van der Waals surface area contributed by atoms with Crippen molar-refractivity contribution in [1.29, 1.82) is 0 Å². The number of H-pyrrole nitrogens is 2. The Labute approximate surface area is 103 Å². The SMILES string of the molecule is CCOc1cccnc1C(=O)c1c[nH]c(=S)[nH]1. The molecule has 0 saturated heterocycles. The van der Waals surface area contributed by atoms with Crippen LogP contribution >= 0.6 is 12.2 Å². The van der Waals surface area contributed by atoms with E-state index in [1.54, 1.807) is 18.3 Å². The van der Waals surface area contributed by atoms with Gasteiger partial charge in [-0.05, 0) is 31.3 Å². The second kappa shape index (κ2) is 4.92. The molecule has 2 aromatic heterocycles. The van der Waals surface area contributed by atoms with Crippen LogP contribution in [-0.2, 0) is 0 Å². The first-order valence-electron chi connectivity index (χ1n) is 5.12. The maximum atomic E-state index is 12.1. The van der Waals surface area contributed by atoms with Crippen LogP contribution in [0.4, 0.5) is 0 Å². The number of hydrogen-bond acceptors (Lipinski definition) is 4. The molecule has 6 heteroatoms. The van der Waals surface area contributed by atoms with Gasteiger partial charge in [-0.15, -0.1) is 0 Å². The number of aromatic nitrogens is 3. The standard InChI is InChI=1S/C11H11N3O2S/c1-2-16-8-4-3-5-12-9(8)10(15)7-6-13-11(17)14-7/h3-6H,2H2,1H3,(H2,13,14,17). The van der Waals surface area contributed by atoms with Crippen molar-refractivity contribution in [2.24, 2.45) is 0 Å². The number of ketones is 1. The van der Waals surface area contributed by atoms with Crippen molar-refractivity contribution < 1.29 is 9.53 Å². The number of carbonyl (C=O) groups excluding carboxylic acids is 1. The Morgan fingerprint density at radius 1 is 1.59 bits per heavy atom. The van der Waals surface area contributed by atoms with E-state index < -0.39 is 0 Å². The minimum atomic E-state index is -0.249. The molecule has 0 amide bonds. The highest BCUT2D eigenvalue weighted by atomic mass is 32.1. The fraction of sp³-hybridized carbons (Fsp3) is 0.182. The van der Waals surface area contributed by atoms with Crippen molar-refractivity contribution in [3.63, 3.8) is 0 Å². The van der Waals surface area contributed by atoms with Crippen LogP contribution < -0.4 is 4.74 Å². The molecule has 0 radical (unpaired) electrons. The maximum absolute atomic E-state index is 12.1. The third-order valence-corrected chi connectivity index (χ3v) is 2.35. The van der Waals surface area contributed by atoms with Gasteiger partial charge in [0.05, 0.1) is 6.61 Å². The van der Waals surface area contributed by atoms with Gasteiger partial charge in [0, 0.05) is 12.4 Å². The van der Waals surface area contributed by atoms with E-state index in [4.69, 9.17) is 17.0 Å². The Kier molecular flexibility index (Phi) is 3.34. The normalized spacial score (nSPS) is 10.2. The van der Waals surface area contributed by atoms with Gasteiger partial charge in [0.15, 0.2) is 10.5 Å². The van der Waals surface area contributed by atoms with Crippen molar-refractivity contribution in [2.45, 2.75) is 6.92 Å². The van der Waals surface area contributed by atoms with Crippen LogP contribution in [0.25, 0.3) is 0 Å². The predicted molar refractivity (Wildman–Crippen MR) is 64.8 cm³/mol. The molecule has 0 spiro atoms. The van der Waals surface area contributed by atoms with E-state index in [1.807, 2.05) is 6.92 Å². The average Bonchev–Trinajstić information content (AvgIpc) is 2.76. The number of imidazole rings is 1. The van der Waals surface area contributed by atoms with Gasteiger partial charge < -0.3 is 14.7 Å². The van der Waals surface area contributed by atoms with Crippen LogP contribution in [0.1, 0.15) is 23.1 Å². The van der Waals surface area contributed by atoms with Crippen LogP contribution in [0.3, 0.4) is 0 Å². The second-order valence-corrected chi connectivity index (χ2v) is 3.68. The molecule has 5 nitrogen and oxygen atoms in total. The summed E-state index contributed by atoms with van der Waals surface area (Å²) in [5.41, 5.74) is 0.647. The summed E-state index contributed by atoms with van der Waals surface area (Å²) in [5, 5.41) is 0. The summed E-state index contributed by atoms with van der Waals surface area (Å²) in [6.07, 6.45) is 3.08. The number of nitrogens with one attached hydrogen (secondary N) is 2. The minimum Gasteiger partial charge on any atom is -0.491 e. The van der Waals surface area contributed by atoms with Crippen LogP contribution in [0.15, 0.2) is 24.5 Å². The molecular formula is C11H11N3O2S. The van der Waals surface area contributed by atoms with Crippen molar-refractivity contribution in [2.75, 3.05) is 6.61 Å². The van der Waals surface area contributed by atoms with Gasteiger partial charge in [-0.2, -0.15) is 0 Å². The Bertz CT molecular complexity index is 588. The molecular weight excluding hydrogens is 238 g/mol. The van der Waals surface area contributed by atoms with Crippen molar-refractivity contribution in [3.8, 4) is 5.75 Å². The smallest absolute Gasteiger partial charge is 0.232 e. The van der Waals surface area contributed by atoms with Crippen LogP contribution in [0.5, 0.6) is 5.75 Å². The highest BCUT2D eigenvalue weighted by Crippen LogP contribution is 2.18. The quantitative estimate of drug-likeness (QED) is 0.643. The number of pyridine rings is 1. The van der Waals surface area contributed by atoms with Gasteiger partial charge >= 0.3 is 0 Å². The lowest BCUT2D eigenvalue weighted by atomic mass is 10.2. The second-order valence-electron chi connectivity index (χ2n) is 3.27. The van der Waals surface area contributed by atoms with Crippen LogP contribution in [-0.4, -0.2) is 27.3 Å². The fourth-order valence-corrected chi connectivity index (χ4v) is 1.58. The number of rotatable bonds is 4. The molecule has 0 unspecified atom stereocenters. The number of ether oxygens (including phenoxy) is 1. The summed E-state index contributed by atoms with van der Waals surface area (Å²) in [7, 11) is 0. The molecule has 2 N–H and O–H groups in total. The van der Waals surface area contributed by atoms with E-state index in [1.165, 1.54) is 6.20 Å². The zero-order chi connectivity index (χ0) is 12.3. The number of hydrogen-bond donors (Lipinski definition) is 2. The molecule has 0 aliphatic rings. The van der Waals surface area contributed by atoms with E-state index >= 15 is 0 Å². The molecule has 0 fully saturated rings. The minimum absolute atomic E-state index is 0.249. The van der Waals surface area contributed by atoms with E-state index in [9.17, 15) is 4.79 Å². The molecule has 0 aliphatic heterocycles. The molecule has 17 heavy (non-hydrogen) atoms. The number of aromatic amines is 2. The van der Waals surface area contributed by atoms with E-state index in [2.05, 4.69) is 15.0 Å². The van der Waals surface area contributed by atoms with E-state index in [-0.39, 0.29) is 11.5 Å². The summed E-state index contributed by atoms with van der Waals surface area (Å²) < 4.78 is 5.76. The Morgan fingerprint density at radius 2 is 2.41 bits per heavy atom. The lowest BCUT2D eigenvalue weighted by Crippen LogP contribution is -2.08. The van der Waals surface area contributed by atoms with Crippen LogP contribution in [0.2, 0.25) is 0 Å². The summed E-state index contributed by atoms with van der Waals surface area (Å²) >= 11 is 4.87. The molecule has 0 saturated carbocycles. The first kappa shape index (κ1) is 11.5. The Morgan fingerprint density at radius 3 is 3.06 bits per heavy atom. The highest BCUT2D eigenvalue weighted by molar-refractivity contribution is 7.71. The van der Waals surface area contributed by atoms with Gasteiger partial charge in [-0.25, -0.2) is 4.98 Å². The first-order valence-corrected chi connectivity index (χ1v) is 5.53. The van der Waals surface area contributed by atoms with Gasteiger partial charge in [0.2, 0.25) is 5.78 Å². The lowest BCUT2D eigenvalue weighted by molar-refractivity contribution is 0.102. The molecule has 0 aliphatic carbocycles. The molecule has 0 aromatic carbocycles. The van der Waals surface area contributed by atoms with Crippen molar-refractivity contribution in [1.82, 2.24) is 15.0 Å². The summed E-state index contributed by atoms with van der Waals surface area (Å²) in [6.45, 7) is 2.33. The molecule has 88 valence electrons. The molecule has 0 bridgehead atoms. The topological polar surface area (TPSA) is 70.8 Å². The van der Waals surface area contributed by atoms with Crippen molar-refractivity contribution in [3.05, 3.63) is 40.7 Å². The van der Waals surface area contributed by atoms with Gasteiger partial charge in [-0.1, -0.05) is 0 Å². The highest BCUT2D eigenvalue weighted by Gasteiger charge is 2.16. The zero-order valence-corrected chi connectivity index (χ0v) is 10.0. The fourth-order valence-electron chi connectivity index (χ4n) is 1.42. The molecule has 0 atom stereocenters. The summed E-state index contributed by atoms with van der Waals surface area (Å²) in [5.74, 6) is 0.224. The summed E-state index contributed by atoms with van der Waals surface area (Å²) in [4.78, 5) is 21.7. The van der Waals surface area contributed by atoms with E-state index in [0.29, 0.717) is 22.8 Å². The lowest BCUT2D eigenvalue weighted by Gasteiger charge is -2.06. The first-order chi connectivity index (χ1) is 8.22. The Balaban J connectivity index is 2.40.